The lowest BCUT2D eigenvalue weighted by Gasteiger charge is -2.36. The van der Waals surface area contributed by atoms with Gasteiger partial charge in [-0.3, -0.25) is 0 Å². The predicted molar refractivity (Wildman–Crippen MR) is 127 cm³/mol. The van der Waals surface area contributed by atoms with E-state index in [9.17, 15) is 0 Å². The normalized spacial score (nSPS) is 20.8. The molecule has 2 aromatic carbocycles. The Morgan fingerprint density at radius 2 is 1.87 bits per heavy atom. The van der Waals surface area contributed by atoms with Crippen LogP contribution in [0, 0.1) is 0 Å². The van der Waals surface area contributed by atoms with Crippen LogP contribution in [-0.2, 0) is 6.42 Å². The Bertz CT molecular complexity index is 1080. The second-order valence-electron chi connectivity index (χ2n) is 9.09. The van der Waals surface area contributed by atoms with Gasteiger partial charge >= 0.3 is 0 Å². The Morgan fingerprint density at radius 1 is 1.00 bits per heavy atom. The van der Waals surface area contributed by atoms with E-state index in [1.54, 1.807) is 0 Å². The van der Waals surface area contributed by atoms with Crippen LogP contribution in [0.2, 0.25) is 0 Å². The van der Waals surface area contributed by atoms with E-state index in [-0.39, 0.29) is 0 Å². The zero-order valence-electron chi connectivity index (χ0n) is 18.7. The van der Waals surface area contributed by atoms with Gasteiger partial charge in [0.1, 0.15) is 11.7 Å². The van der Waals surface area contributed by atoms with E-state index in [4.69, 9.17) is 4.42 Å². The smallest absolute Gasteiger partial charge is 0.159 e. The molecule has 0 saturated heterocycles. The van der Waals surface area contributed by atoms with Crippen molar-refractivity contribution < 1.29 is 4.42 Å². The van der Waals surface area contributed by atoms with Crippen LogP contribution in [0.4, 0.5) is 5.69 Å². The SMILES string of the molecule is CCCCCCc1ccc2c(c1)oc1c3c(ccc12)C(CC)CCN1C=CN3[C@@H]1C. The highest BCUT2D eigenvalue weighted by molar-refractivity contribution is 6.10. The molecule has 0 amide bonds. The molecular weight excluding hydrogens is 368 g/mol. The van der Waals surface area contributed by atoms with Crippen molar-refractivity contribution >= 4 is 27.6 Å². The van der Waals surface area contributed by atoms with Crippen molar-refractivity contribution in [1.82, 2.24) is 4.90 Å². The third-order valence-electron chi connectivity index (χ3n) is 7.26. The zero-order chi connectivity index (χ0) is 20.7. The molecule has 30 heavy (non-hydrogen) atoms. The maximum absolute atomic E-state index is 6.61. The number of rotatable bonds is 6. The molecule has 0 spiro atoms. The van der Waals surface area contributed by atoms with Crippen molar-refractivity contribution in [2.45, 2.75) is 77.8 Å². The number of benzene rings is 2. The molecule has 1 unspecified atom stereocenters. The minimum absolute atomic E-state index is 0.342. The van der Waals surface area contributed by atoms with Crippen molar-refractivity contribution in [2.24, 2.45) is 0 Å². The van der Waals surface area contributed by atoms with Crippen LogP contribution >= 0.6 is 0 Å². The molecule has 3 aromatic rings. The first-order valence-corrected chi connectivity index (χ1v) is 11.9. The first kappa shape index (κ1) is 19.5. The Hall–Kier alpha value is -2.42. The summed E-state index contributed by atoms with van der Waals surface area (Å²) in [6.45, 7) is 7.99. The van der Waals surface area contributed by atoms with Gasteiger partial charge in [-0.15, -0.1) is 0 Å². The number of hydrogen-bond acceptors (Lipinski definition) is 3. The molecule has 0 N–H and O–H groups in total. The molecular formula is C27H34N2O. The Balaban J connectivity index is 1.61. The second kappa shape index (κ2) is 8.02. The molecule has 0 radical (unpaired) electrons. The molecule has 0 saturated carbocycles. The van der Waals surface area contributed by atoms with Crippen molar-refractivity contribution in [3.8, 4) is 0 Å². The monoisotopic (exact) mass is 402 g/mol. The van der Waals surface area contributed by atoms with Crippen molar-refractivity contribution in [2.75, 3.05) is 11.4 Å². The number of fused-ring (bicyclic) bond motifs is 8. The summed E-state index contributed by atoms with van der Waals surface area (Å²) < 4.78 is 6.61. The number of anilines is 1. The molecule has 2 atom stereocenters. The van der Waals surface area contributed by atoms with Crippen molar-refractivity contribution in [1.29, 1.82) is 0 Å². The van der Waals surface area contributed by atoms with Crippen LogP contribution in [0.3, 0.4) is 0 Å². The third kappa shape index (κ3) is 3.19. The maximum Gasteiger partial charge on any atom is 0.159 e. The predicted octanol–water partition coefficient (Wildman–Crippen LogP) is 7.55. The lowest BCUT2D eigenvalue weighted by Crippen LogP contribution is -2.39. The van der Waals surface area contributed by atoms with Crippen LogP contribution < -0.4 is 4.90 Å². The fourth-order valence-electron chi connectivity index (χ4n) is 5.37. The molecule has 2 bridgehead atoms. The van der Waals surface area contributed by atoms with E-state index < -0.39 is 0 Å². The maximum atomic E-state index is 6.61. The molecule has 0 fully saturated rings. The molecule has 2 aliphatic heterocycles. The van der Waals surface area contributed by atoms with Crippen molar-refractivity contribution in [3.63, 3.8) is 0 Å². The first-order chi connectivity index (χ1) is 14.7. The Kier molecular flexibility index (Phi) is 5.22. The van der Waals surface area contributed by atoms with Crippen LogP contribution in [0.15, 0.2) is 47.1 Å². The lowest BCUT2D eigenvalue weighted by atomic mass is 9.89. The largest absolute Gasteiger partial charge is 0.454 e. The van der Waals surface area contributed by atoms with Crippen LogP contribution in [0.5, 0.6) is 0 Å². The summed E-state index contributed by atoms with van der Waals surface area (Å²) in [5, 5.41) is 2.49. The van der Waals surface area contributed by atoms with E-state index >= 15 is 0 Å². The summed E-state index contributed by atoms with van der Waals surface area (Å²) >= 11 is 0. The van der Waals surface area contributed by atoms with Crippen molar-refractivity contribution in [3.05, 3.63) is 53.9 Å². The quantitative estimate of drug-likeness (QED) is 0.397. The van der Waals surface area contributed by atoms with Crippen LogP contribution in [-0.4, -0.2) is 17.6 Å². The number of aryl methyl sites for hydroxylation is 1. The first-order valence-electron chi connectivity index (χ1n) is 11.9. The highest BCUT2D eigenvalue weighted by Gasteiger charge is 2.32. The number of unbranched alkanes of at least 4 members (excludes halogenated alkanes) is 3. The van der Waals surface area contributed by atoms with Gasteiger partial charge < -0.3 is 14.2 Å². The summed E-state index contributed by atoms with van der Waals surface area (Å²) in [5.41, 5.74) is 6.22. The van der Waals surface area contributed by atoms with Gasteiger partial charge in [0.15, 0.2) is 5.58 Å². The van der Waals surface area contributed by atoms with Gasteiger partial charge in [-0.25, -0.2) is 0 Å². The average molecular weight is 403 g/mol. The molecule has 3 nitrogen and oxygen atoms in total. The van der Waals surface area contributed by atoms with Gasteiger partial charge in [-0.2, -0.15) is 0 Å². The molecule has 0 aliphatic carbocycles. The van der Waals surface area contributed by atoms with E-state index in [1.807, 2.05) is 0 Å². The van der Waals surface area contributed by atoms with Gasteiger partial charge in [0.25, 0.3) is 0 Å². The highest BCUT2D eigenvalue weighted by Crippen LogP contribution is 2.45. The van der Waals surface area contributed by atoms with Gasteiger partial charge in [-0.1, -0.05) is 57.4 Å². The molecule has 158 valence electrons. The van der Waals surface area contributed by atoms with Crippen LogP contribution in [0.1, 0.15) is 76.3 Å². The molecule has 5 rings (SSSR count). The molecule has 3 heterocycles. The topological polar surface area (TPSA) is 19.6 Å². The van der Waals surface area contributed by atoms with E-state index in [1.165, 1.54) is 59.7 Å². The van der Waals surface area contributed by atoms with E-state index in [2.05, 4.69) is 73.3 Å². The van der Waals surface area contributed by atoms with Crippen LogP contribution in [0.25, 0.3) is 21.9 Å². The van der Waals surface area contributed by atoms with Gasteiger partial charge in [0.2, 0.25) is 0 Å². The fourth-order valence-corrected chi connectivity index (χ4v) is 5.37. The highest BCUT2D eigenvalue weighted by atomic mass is 16.3. The number of hydrogen-bond donors (Lipinski definition) is 0. The van der Waals surface area contributed by atoms with Gasteiger partial charge in [0, 0.05) is 29.7 Å². The summed E-state index contributed by atoms with van der Waals surface area (Å²) in [6, 6.07) is 11.5. The number of nitrogens with zero attached hydrogens (tertiary/aromatic N) is 2. The third-order valence-corrected chi connectivity index (χ3v) is 7.26. The van der Waals surface area contributed by atoms with E-state index in [0.717, 1.165) is 30.6 Å². The minimum atomic E-state index is 0.342. The summed E-state index contributed by atoms with van der Waals surface area (Å²) in [6.07, 6.45) is 13.5. The zero-order valence-corrected chi connectivity index (χ0v) is 18.7. The fraction of sp³-hybridized carbons (Fsp3) is 0.481. The molecule has 3 heteroatoms. The van der Waals surface area contributed by atoms with Gasteiger partial charge in [-0.05, 0) is 55.7 Å². The minimum Gasteiger partial charge on any atom is -0.454 e. The summed E-state index contributed by atoms with van der Waals surface area (Å²) in [4.78, 5) is 4.88. The van der Waals surface area contributed by atoms with Gasteiger partial charge in [0.05, 0.1) is 5.69 Å². The summed E-state index contributed by atoms with van der Waals surface area (Å²) in [5.74, 6) is 0.573. The average Bonchev–Trinajstić information content (AvgIpc) is 3.32. The standard InChI is InChI=1S/C27H34N2O/c1-4-6-7-8-9-20-10-11-23-24-13-12-22-21(5-2)14-15-28-16-17-29(19(28)3)26(22)27(24)30-25(23)18-20/h10-13,16-19,21H,4-9,14-15H2,1-3H3/t19-,21?/m1/s1. The Morgan fingerprint density at radius 3 is 2.70 bits per heavy atom. The second-order valence-corrected chi connectivity index (χ2v) is 9.09. The summed E-state index contributed by atoms with van der Waals surface area (Å²) in [7, 11) is 0. The molecule has 2 aliphatic rings. The van der Waals surface area contributed by atoms with E-state index in [0.29, 0.717) is 12.1 Å². The Labute approximate surface area is 180 Å². The molecule has 1 aromatic heterocycles. The lowest BCUT2D eigenvalue weighted by molar-refractivity contribution is 0.296. The number of furan rings is 1.